The maximum atomic E-state index is 5.37. The molecule has 0 aromatic rings. The summed E-state index contributed by atoms with van der Waals surface area (Å²) in [4.78, 5) is 6.55. The Labute approximate surface area is 99.5 Å². The second-order valence-corrected chi connectivity index (χ2v) is 4.17. The van der Waals surface area contributed by atoms with E-state index in [4.69, 9.17) is 5.84 Å². The molecule has 0 radical (unpaired) electrons. The van der Waals surface area contributed by atoms with Gasteiger partial charge in [-0.1, -0.05) is 13.3 Å². The van der Waals surface area contributed by atoms with Crippen LogP contribution < -0.4 is 16.6 Å². The average Bonchev–Trinajstić information content (AvgIpc) is 2.26. The summed E-state index contributed by atoms with van der Waals surface area (Å²) in [5.41, 5.74) is 2.59. The van der Waals surface area contributed by atoms with Crippen LogP contribution in [0.15, 0.2) is 4.99 Å². The fourth-order valence-electron chi connectivity index (χ4n) is 1.27. The zero-order valence-corrected chi connectivity index (χ0v) is 10.9. The van der Waals surface area contributed by atoms with Crippen LogP contribution in [0, 0.1) is 0 Å². The molecule has 4 N–H and O–H groups in total. The van der Waals surface area contributed by atoms with E-state index in [9.17, 15) is 0 Å². The van der Waals surface area contributed by atoms with Crippen LogP contribution in [0.3, 0.4) is 0 Å². The minimum atomic E-state index is 0.707. The van der Waals surface area contributed by atoms with Gasteiger partial charge in [-0.25, -0.2) is 5.84 Å². The Morgan fingerprint density at radius 1 is 1.25 bits per heavy atom. The van der Waals surface area contributed by atoms with Crippen LogP contribution in [-0.4, -0.2) is 44.6 Å². The predicted octanol–water partition coefficient (Wildman–Crippen LogP) is 0.537. The number of guanidine groups is 1. The number of hydrogen-bond donors (Lipinski definition) is 3. The van der Waals surface area contributed by atoms with Gasteiger partial charge in [0.05, 0.1) is 0 Å². The normalized spacial score (nSPS) is 11.9. The van der Waals surface area contributed by atoms with Crippen molar-refractivity contribution < 1.29 is 0 Å². The van der Waals surface area contributed by atoms with E-state index in [1.807, 2.05) is 0 Å². The first-order valence-electron chi connectivity index (χ1n) is 6.10. The molecule has 96 valence electrons. The molecule has 0 spiro atoms. The minimum absolute atomic E-state index is 0.707. The Hall–Kier alpha value is -0.810. The molecule has 0 aromatic carbocycles. The van der Waals surface area contributed by atoms with Gasteiger partial charge >= 0.3 is 0 Å². The number of hydrogen-bond acceptors (Lipinski definition) is 3. The largest absolute Gasteiger partial charge is 0.355 e. The number of nitrogens with one attached hydrogen (secondary N) is 2. The number of unbranched alkanes of at least 4 members (excludes halogenated alkanes) is 2. The first-order valence-corrected chi connectivity index (χ1v) is 6.10. The molecule has 0 rings (SSSR count). The van der Waals surface area contributed by atoms with Crippen LogP contribution in [0.25, 0.3) is 0 Å². The molecule has 0 amide bonds. The molecule has 0 fully saturated rings. The Bertz CT molecular complexity index is 179. The molecule has 0 aliphatic heterocycles. The highest BCUT2D eigenvalue weighted by Gasteiger charge is 1.94. The van der Waals surface area contributed by atoms with Gasteiger partial charge < -0.3 is 10.2 Å². The molecule has 0 unspecified atom stereocenters. The van der Waals surface area contributed by atoms with E-state index in [1.54, 1.807) is 0 Å². The summed E-state index contributed by atoms with van der Waals surface area (Å²) in [5.74, 6) is 6.07. The van der Waals surface area contributed by atoms with Gasteiger partial charge in [-0.05, 0) is 39.9 Å². The van der Waals surface area contributed by atoms with Gasteiger partial charge in [0.2, 0.25) is 5.96 Å². The van der Waals surface area contributed by atoms with E-state index in [2.05, 4.69) is 41.7 Å². The lowest BCUT2D eigenvalue weighted by molar-refractivity contribution is 0.395. The van der Waals surface area contributed by atoms with Gasteiger partial charge in [-0.2, -0.15) is 0 Å². The molecular weight excluding hydrogens is 202 g/mol. The van der Waals surface area contributed by atoms with E-state index in [-0.39, 0.29) is 0 Å². The second-order valence-electron chi connectivity index (χ2n) is 4.17. The monoisotopic (exact) mass is 229 g/mol. The van der Waals surface area contributed by atoms with Crippen molar-refractivity contribution in [3.63, 3.8) is 0 Å². The van der Waals surface area contributed by atoms with Crippen molar-refractivity contribution in [2.45, 2.75) is 32.6 Å². The molecule has 5 heteroatoms. The van der Waals surface area contributed by atoms with Crippen LogP contribution in [0.5, 0.6) is 0 Å². The Morgan fingerprint density at radius 3 is 2.56 bits per heavy atom. The number of hydrazine groups is 1. The van der Waals surface area contributed by atoms with Crippen LogP contribution in [0.4, 0.5) is 0 Å². The zero-order chi connectivity index (χ0) is 12.2. The van der Waals surface area contributed by atoms with Crippen molar-refractivity contribution in [3.8, 4) is 0 Å². The Balaban J connectivity index is 3.55. The number of rotatable bonds is 8. The Morgan fingerprint density at radius 2 is 2.00 bits per heavy atom. The topological polar surface area (TPSA) is 65.7 Å². The number of nitrogens with zero attached hydrogens (tertiary/aromatic N) is 2. The molecule has 0 heterocycles. The van der Waals surface area contributed by atoms with Gasteiger partial charge in [0, 0.05) is 13.1 Å². The summed E-state index contributed by atoms with van der Waals surface area (Å²) in [5, 5.41) is 3.17. The minimum Gasteiger partial charge on any atom is -0.355 e. The smallest absolute Gasteiger partial charge is 0.205 e. The van der Waals surface area contributed by atoms with Crippen LogP contribution in [0.1, 0.15) is 32.6 Å². The Kier molecular flexibility index (Phi) is 10.2. The summed E-state index contributed by atoms with van der Waals surface area (Å²) in [6, 6.07) is 0. The first-order chi connectivity index (χ1) is 7.70. The third-order valence-electron chi connectivity index (χ3n) is 2.24. The number of aliphatic imine (C=N–C) groups is 1. The third kappa shape index (κ3) is 9.73. The molecule has 0 atom stereocenters. The average molecular weight is 229 g/mol. The highest BCUT2D eigenvalue weighted by molar-refractivity contribution is 5.79. The highest BCUT2D eigenvalue weighted by atomic mass is 15.3. The quantitative estimate of drug-likeness (QED) is 0.187. The van der Waals surface area contributed by atoms with Crippen LogP contribution in [0.2, 0.25) is 0 Å². The van der Waals surface area contributed by atoms with Crippen LogP contribution >= 0.6 is 0 Å². The lowest BCUT2D eigenvalue weighted by Gasteiger charge is -2.09. The molecule has 16 heavy (non-hydrogen) atoms. The van der Waals surface area contributed by atoms with Crippen LogP contribution in [-0.2, 0) is 0 Å². The van der Waals surface area contributed by atoms with Gasteiger partial charge in [-0.15, -0.1) is 0 Å². The van der Waals surface area contributed by atoms with Crippen molar-refractivity contribution >= 4 is 5.96 Å². The van der Waals surface area contributed by atoms with Gasteiger partial charge in [0.25, 0.3) is 0 Å². The lowest BCUT2D eigenvalue weighted by atomic mass is 10.3. The van der Waals surface area contributed by atoms with Crippen molar-refractivity contribution in [1.82, 2.24) is 15.6 Å². The van der Waals surface area contributed by atoms with E-state index >= 15 is 0 Å². The van der Waals surface area contributed by atoms with Crippen molar-refractivity contribution in [3.05, 3.63) is 0 Å². The number of nitrogens with two attached hydrogens (primary N) is 1. The fraction of sp³-hybridized carbons (Fsp3) is 0.909. The molecule has 0 aliphatic carbocycles. The molecule has 0 saturated heterocycles. The zero-order valence-electron chi connectivity index (χ0n) is 10.9. The molecular formula is C11H27N5. The summed E-state index contributed by atoms with van der Waals surface area (Å²) in [6.07, 6.45) is 4.58. The maximum Gasteiger partial charge on any atom is 0.205 e. The van der Waals surface area contributed by atoms with E-state index in [0.29, 0.717) is 5.96 Å². The molecule has 0 aromatic heterocycles. The molecule has 5 nitrogen and oxygen atoms in total. The van der Waals surface area contributed by atoms with Gasteiger partial charge in [-0.3, -0.25) is 10.4 Å². The molecule has 0 bridgehead atoms. The maximum absolute atomic E-state index is 5.37. The molecule has 0 aliphatic rings. The third-order valence-corrected chi connectivity index (χ3v) is 2.24. The van der Waals surface area contributed by atoms with Crippen molar-refractivity contribution in [1.29, 1.82) is 0 Å². The predicted molar refractivity (Wildman–Crippen MR) is 70.3 cm³/mol. The van der Waals surface area contributed by atoms with Gasteiger partial charge in [0.1, 0.15) is 0 Å². The van der Waals surface area contributed by atoms with Crippen molar-refractivity contribution in [2.75, 3.05) is 33.7 Å². The lowest BCUT2D eigenvalue weighted by Crippen LogP contribution is -2.42. The van der Waals surface area contributed by atoms with E-state index < -0.39 is 0 Å². The highest BCUT2D eigenvalue weighted by Crippen LogP contribution is 1.91. The van der Waals surface area contributed by atoms with E-state index in [0.717, 1.165) is 32.5 Å². The fourth-order valence-corrected chi connectivity index (χ4v) is 1.27. The van der Waals surface area contributed by atoms with E-state index in [1.165, 1.54) is 12.8 Å². The second kappa shape index (κ2) is 10.7. The summed E-state index contributed by atoms with van der Waals surface area (Å²) in [7, 11) is 4.17. The molecule has 0 saturated carbocycles. The summed E-state index contributed by atoms with van der Waals surface area (Å²) < 4.78 is 0. The van der Waals surface area contributed by atoms with Gasteiger partial charge in [0.15, 0.2) is 0 Å². The first kappa shape index (κ1) is 15.2. The summed E-state index contributed by atoms with van der Waals surface area (Å²) in [6.45, 7) is 5.03. The SMILES string of the molecule is CCCCNC(=NCCCCN(C)C)NN. The van der Waals surface area contributed by atoms with Crippen molar-refractivity contribution in [2.24, 2.45) is 10.8 Å². The standard InChI is InChI=1S/C11H27N5/c1-4-5-8-13-11(15-12)14-9-6-7-10-16(2)3/h4-10,12H2,1-3H3,(H2,13,14,15). The summed E-state index contributed by atoms with van der Waals surface area (Å²) >= 11 is 0.